The van der Waals surface area contributed by atoms with Crippen molar-refractivity contribution < 1.29 is 23.2 Å². The monoisotopic (exact) mass is 279 g/mol. The van der Waals surface area contributed by atoms with Gasteiger partial charge in [0.05, 0.1) is 15.4 Å². The van der Waals surface area contributed by atoms with E-state index in [0.717, 1.165) is 18.4 Å². The van der Waals surface area contributed by atoms with E-state index >= 15 is 0 Å². The Balaban J connectivity index is 3.71. The Morgan fingerprint density at radius 3 is 2.35 bits per heavy atom. The second-order valence-corrected chi connectivity index (χ2v) is 5.53. The number of carboxylic acids is 1. The first-order chi connectivity index (χ1) is 7.64. The van der Waals surface area contributed by atoms with Crippen molar-refractivity contribution in [1.82, 2.24) is 0 Å². The minimum Gasteiger partial charge on any atom is -0.478 e. The molecule has 9 heteroatoms. The second kappa shape index (κ2) is 4.30. The predicted molar refractivity (Wildman–Crippen MR) is 58.2 cm³/mol. The lowest BCUT2D eigenvalue weighted by molar-refractivity contribution is -0.384. The van der Waals surface area contributed by atoms with Crippen molar-refractivity contribution >= 4 is 33.1 Å². The van der Waals surface area contributed by atoms with E-state index in [1.54, 1.807) is 0 Å². The number of aromatic carboxylic acids is 1. The van der Waals surface area contributed by atoms with Crippen LogP contribution in [0.3, 0.4) is 0 Å². The molecule has 17 heavy (non-hydrogen) atoms. The molecular weight excluding hydrogens is 274 g/mol. The van der Waals surface area contributed by atoms with Crippen LogP contribution in [-0.2, 0) is 9.84 Å². The van der Waals surface area contributed by atoms with Gasteiger partial charge in [0, 0.05) is 12.3 Å². The van der Waals surface area contributed by atoms with Crippen molar-refractivity contribution in [2.24, 2.45) is 0 Å². The highest BCUT2D eigenvalue weighted by molar-refractivity contribution is 7.90. The Bertz CT molecular complexity index is 573. The Kier molecular flexibility index (Phi) is 3.39. The third-order valence-corrected chi connectivity index (χ3v) is 3.37. The third-order valence-electron chi connectivity index (χ3n) is 1.88. The number of nitro groups is 1. The number of halogens is 1. The molecule has 0 atom stereocenters. The van der Waals surface area contributed by atoms with Gasteiger partial charge in [-0.15, -0.1) is 0 Å². The highest BCUT2D eigenvalue weighted by atomic mass is 35.5. The first kappa shape index (κ1) is 13.4. The predicted octanol–water partition coefficient (Wildman–Crippen LogP) is 1.35. The maximum absolute atomic E-state index is 11.2. The van der Waals surface area contributed by atoms with E-state index in [4.69, 9.17) is 16.7 Å². The first-order valence-electron chi connectivity index (χ1n) is 4.06. The number of hydrogen-bond acceptors (Lipinski definition) is 5. The molecule has 0 amide bonds. The minimum absolute atomic E-state index is 0.467. The maximum Gasteiger partial charge on any atom is 0.337 e. The SMILES string of the molecule is CS(=O)(=O)c1cc(C(=O)O)c(Cl)c([N+](=O)[O-])c1. The summed E-state index contributed by atoms with van der Waals surface area (Å²) in [6, 6.07) is 1.51. The Labute approximate surface area is 101 Å². The average Bonchev–Trinajstić information content (AvgIpc) is 2.14. The van der Waals surface area contributed by atoms with E-state index in [9.17, 15) is 23.3 Å². The van der Waals surface area contributed by atoms with Crippen molar-refractivity contribution in [3.05, 3.63) is 32.8 Å². The van der Waals surface area contributed by atoms with Gasteiger partial charge in [0.2, 0.25) is 0 Å². The van der Waals surface area contributed by atoms with E-state index in [2.05, 4.69) is 0 Å². The second-order valence-electron chi connectivity index (χ2n) is 3.14. The molecule has 0 aliphatic carbocycles. The van der Waals surface area contributed by atoms with Crippen LogP contribution in [0.5, 0.6) is 0 Å². The van der Waals surface area contributed by atoms with Gasteiger partial charge in [-0.1, -0.05) is 11.6 Å². The van der Waals surface area contributed by atoms with Gasteiger partial charge in [-0.25, -0.2) is 13.2 Å². The highest BCUT2D eigenvalue weighted by Crippen LogP contribution is 2.31. The van der Waals surface area contributed by atoms with Gasteiger partial charge in [0.1, 0.15) is 5.02 Å². The topological polar surface area (TPSA) is 115 Å². The molecular formula is C8H6ClNO6S. The van der Waals surface area contributed by atoms with E-state index in [1.165, 1.54) is 0 Å². The standard InChI is InChI=1S/C8H6ClNO6S/c1-17(15,16)4-2-5(8(11)12)7(9)6(3-4)10(13)14/h2-3H,1H3,(H,11,12). The van der Waals surface area contributed by atoms with Crippen LogP contribution in [0.4, 0.5) is 5.69 Å². The number of rotatable bonds is 3. The van der Waals surface area contributed by atoms with Gasteiger partial charge in [0.25, 0.3) is 5.69 Å². The molecule has 0 unspecified atom stereocenters. The number of sulfone groups is 1. The zero-order chi connectivity index (χ0) is 13.4. The summed E-state index contributed by atoms with van der Waals surface area (Å²) in [7, 11) is -3.76. The van der Waals surface area contributed by atoms with E-state index < -0.39 is 41.9 Å². The molecule has 0 radical (unpaired) electrons. The highest BCUT2D eigenvalue weighted by Gasteiger charge is 2.24. The van der Waals surface area contributed by atoms with E-state index in [-0.39, 0.29) is 0 Å². The van der Waals surface area contributed by atoms with Crippen molar-refractivity contribution in [1.29, 1.82) is 0 Å². The molecule has 1 aromatic rings. The molecule has 92 valence electrons. The zero-order valence-electron chi connectivity index (χ0n) is 8.38. The summed E-state index contributed by atoms with van der Waals surface area (Å²) in [5.41, 5.74) is -1.38. The van der Waals surface area contributed by atoms with Crippen LogP contribution in [0, 0.1) is 10.1 Å². The normalized spacial score (nSPS) is 11.2. The molecule has 1 rings (SSSR count). The molecule has 0 aliphatic rings. The summed E-state index contributed by atoms with van der Waals surface area (Å²) in [5, 5.41) is 18.8. The number of carboxylic acid groups (broad SMARTS) is 1. The summed E-state index contributed by atoms with van der Waals surface area (Å²) in [4.78, 5) is 20.0. The molecule has 0 aromatic heterocycles. The van der Waals surface area contributed by atoms with Crippen LogP contribution in [0.1, 0.15) is 10.4 Å². The van der Waals surface area contributed by atoms with Crippen LogP contribution in [0.25, 0.3) is 0 Å². The number of hydrogen-bond donors (Lipinski definition) is 1. The summed E-state index contributed by atoms with van der Waals surface area (Å²) >= 11 is 5.50. The molecule has 1 N–H and O–H groups in total. The van der Waals surface area contributed by atoms with Crippen LogP contribution >= 0.6 is 11.6 Å². The fraction of sp³-hybridized carbons (Fsp3) is 0.125. The van der Waals surface area contributed by atoms with Crippen LogP contribution in [0.15, 0.2) is 17.0 Å². The van der Waals surface area contributed by atoms with Gasteiger partial charge >= 0.3 is 5.97 Å². The largest absolute Gasteiger partial charge is 0.478 e. The smallest absolute Gasteiger partial charge is 0.337 e. The molecule has 0 bridgehead atoms. The lowest BCUT2D eigenvalue weighted by atomic mass is 10.2. The first-order valence-corrected chi connectivity index (χ1v) is 6.33. The van der Waals surface area contributed by atoms with Gasteiger partial charge in [-0.3, -0.25) is 10.1 Å². The van der Waals surface area contributed by atoms with Crippen molar-refractivity contribution in [3.8, 4) is 0 Å². The number of nitrogens with zero attached hydrogens (tertiary/aromatic N) is 1. The van der Waals surface area contributed by atoms with Crippen molar-refractivity contribution in [2.75, 3.05) is 6.26 Å². The van der Waals surface area contributed by atoms with Gasteiger partial charge in [0.15, 0.2) is 9.84 Å². The number of carbonyl (C=O) groups is 1. The maximum atomic E-state index is 11.2. The van der Waals surface area contributed by atoms with E-state index in [1.807, 2.05) is 0 Å². The molecule has 0 saturated heterocycles. The fourth-order valence-corrected chi connectivity index (χ4v) is 2.00. The minimum atomic E-state index is -3.76. The molecule has 0 saturated carbocycles. The van der Waals surface area contributed by atoms with Gasteiger partial charge < -0.3 is 5.11 Å². The third kappa shape index (κ3) is 2.71. The van der Waals surface area contributed by atoms with Crippen LogP contribution < -0.4 is 0 Å². The Morgan fingerprint density at radius 2 is 2.00 bits per heavy atom. The zero-order valence-corrected chi connectivity index (χ0v) is 9.95. The Morgan fingerprint density at radius 1 is 1.47 bits per heavy atom. The molecule has 1 aromatic carbocycles. The quantitative estimate of drug-likeness (QED) is 0.659. The van der Waals surface area contributed by atoms with Gasteiger partial charge in [-0.2, -0.15) is 0 Å². The summed E-state index contributed by atoms with van der Waals surface area (Å²) in [6.45, 7) is 0. The average molecular weight is 280 g/mol. The molecule has 0 heterocycles. The molecule has 7 nitrogen and oxygen atoms in total. The fourth-order valence-electron chi connectivity index (χ4n) is 1.09. The Hall–Kier alpha value is -1.67. The lowest BCUT2D eigenvalue weighted by Crippen LogP contribution is -2.05. The summed E-state index contributed by atoms with van der Waals surface area (Å²) < 4.78 is 22.5. The van der Waals surface area contributed by atoms with Gasteiger partial charge in [-0.05, 0) is 6.07 Å². The van der Waals surface area contributed by atoms with Crippen molar-refractivity contribution in [2.45, 2.75) is 4.90 Å². The summed E-state index contributed by atoms with van der Waals surface area (Å²) in [6.07, 6.45) is 0.811. The van der Waals surface area contributed by atoms with E-state index in [0.29, 0.717) is 0 Å². The molecule has 0 fully saturated rings. The number of nitro benzene ring substituents is 1. The molecule has 0 spiro atoms. The lowest BCUT2D eigenvalue weighted by Gasteiger charge is -2.04. The van der Waals surface area contributed by atoms with Crippen LogP contribution in [-0.4, -0.2) is 30.7 Å². The molecule has 0 aliphatic heterocycles. The van der Waals surface area contributed by atoms with Crippen molar-refractivity contribution in [3.63, 3.8) is 0 Å². The van der Waals surface area contributed by atoms with Crippen LogP contribution in [0.2, 0.25) is 5.02 Å². The number of benzene rings is 1. The summed E-state index contributed by atoms with van der Waals surface area (Å²) in [5.74, 6) is -1.54.